The minimum atomic E-state index is -5.24. The van der Waals surface area contributed by atoms with Gasteiger partial charge in [-0.05, 0) is 12.8 Å². The fourth-order valence-corrected chi connectivity index (χ4v) is 1.31. The fourth-order valence-electron chi connectivity index (χ4n) is 1.31. The van der Waals surface area contributed by atoms with E-state index in [2.05, 4.69) is 0 Å². The molecule has 1 rings (SSSR count). The Labute approximate surface area is 65.2 Å². The van der Waals surface area contributed by atoms with Crippen molar-refractivity contribution in [2.45, 2.75) is 37.0 Å². The summed E-state index contributed by atoms with van der Waals surface area (Å²) in [6.07, 6.45) is -7.36. The average Bonchev–Trinajstić information content (AvgIpc) is 2.07. The van der Waals surface area contributed by atoms with Crippen LogP contribution < -0.4 is 0 Å². The van der Waals surface area contributed by atoms with Crippen LogP contribution in [0.5, 0.6) is 0 Å². The van der Waals surface area contributed by atoms with Crippen molar-refractivity contribution in [3.8, 4) is 0 Å². The number of rotatable bonds is 0. The SMILES string of the molecule is OC1(C(F)(F)F)CCCC1(F)F. The fraction of sp³-hybridized carbons (Fsp3) is 1.00. The second kappa shape index (κ2) is 2.31. The third-order valence-electron chi connectivity index (χ3n) is 2.10. The van der Waals surface area contributed by atoms with Crippen LogP contribution >= 0.6 is 0 Å². The second-order valence-corrected chi connectivity index (χ2v) is 2.92. The van der Waals surface area contributed by atoms with Crippen LogP contribution in [0.25, 0.3) is 0 Å². The van der Waals surface area contributed by atoms with Crippen molar-refractivity contribution in [1.82, 2.24) is 0 Å². The van der Waals surface area contributed by atoms with Gasteiger partial charge in [0.25, 0.3) is 5.92 Å². The van der Waals surface area contributed by atoms with Gasteiger partial charge in [-0.15, -0.1) is 0 Å². The Morgan fingerprint density at radius 3 is 1.75 bits per heavy atom. The summed E-state index contributed by atoms with van der Waals surface area (Å²) in [6.45, 7) is 0. The van der Waals surface area contributed by atoms with Gasteiger partial charge in [0.1, 0.15) is 0 Å². The van der Waals surface area contributed by atoms with Crippen LogP contribution in [0, 0.1) is 0 Å². The Bertz CT molecular complexity index is 187. The van der Waals surface area contributed by atoms with Crippen LogP contribution in [0.4, 0.5) is 22.0 Å². The lowest BCUT2D eigenvalue weighted by molar-refractivity contribution is -0.319. The van der Waals surface area contributed by atoms with Gasteiger partial charge in [-0.2, -0.15) is 13.2 Å². The molecule has 1 nitrogen and oxygen atoms in total. The van der Waals surface area contributed by atoms with Crippen LogP contribution in [0.15, 0.2) is 0 Å². The molecule has 1 atom stereocenters. The van der Waals surface area contributed by atoms with E-state index in [0.29, 0.717) is 0 Å². The first kappa shape index (κ1) is 9.70. The number of halogens is 5. The van der Waals surface area contributed by atoms with Crippen molar-refractivity contribution in [3.63, 3.8) is 0 Å². The molecule has 1 aliphatic carbocycles. The summed E-state index contributed by atoms with van der Waals surface area (Å²) >= 11 is 0. The summed E-state index contributed by atoms with van der Waals surface area (Å²) in [5, 5.41) is 8.68. The van der Waals surface area contributed by atoms with E-state index >= 15 is 0 Å². The summed E-state index contributed by atoms with van der Waals surface area (Å²) in [4.78, 5) is 0. The lowest BCUT2D eigenvalue weighted by Gasteiger charge is -2.31. The Morgan fingerprint density at radius 2 is 1.58 bits per heavy atom. The molecule has 1 fully saturated rings. The lowest BCUT2D eigenvalue weighted by atomic mass is 9.98. The Balaban J connectivity index is 2.98. The molecule has 1 saturated carbocycles. The largest absolute Gasteiger partial charge is 0.423 e. The molecular formula is C6H7F5O. The van der Waals surface area contributed by atoms with E-state index in [1.165, 1.54) is 0 Å². The highest BCUT2D eigenvalue weighted by molar-refractivity contribution is 5.03. The maximum atomic E-state index is 12.5. The smallest absolute Gasteiger partial charge is 0.376 e. The third kappa shape index (κ3) is 1.09. The molecular weight excluding hydrogens is 183 g/mol. The maximum Gasteiger partial charge on any atom is 0.423 e. The quantitative estimate of drug-likeness (QED) is 0.580. The van der Waals surface area contributed by atoms with Gasteiger partial charge in [-0.1, -0.05) is 0 Å². The molecule has 0 radical (unpaired) electrons. The molecule has 12 heavy (non-hydrogen) atoms. The molecule has 0 aromatic heterocycles. The summed E-state index contributed by atoms with van der Waals surface area (Å²) < 4.78 is 60.8. The molecule has 0 amide bonds. The van der Waals surface area contributed by atoms with Crippen LogP contribution in [0.1, 0.15) is 19.3 Å². The molecule has 0 bridgehead atoms. The van der Waals surface area contributed by atoms with E-state index in [1.54, 1.807) is 0 Å². The minimum Gasteiger partial charge on any atom is -0.376 e. The Kier molecular flexibility index (Phi) is 1.86. The van der Waals surface area contributed by atoms with Crippen molar-refractivity contribution in [2.24, 2.45) is 0 Å². The van der Waals surface area contributed by atoms with E-state index in [4.69, 9.17) is 5.11 Å². The van der Waals surface area contributed by atoms with E-state index in [-0.39, 0.29) is 6.42 Å². The zero-order valence-corrected chi connectivity index (χ0v) is 5.96. The molecule has 0 aliphatic heterocycles. The van der Waals surface area contributed by atoms with Crippen LogP contribution in [-0.2, 0) is 0 Å². The van der Waals surface area contributed by atoms with Gasteiger partial charge in [-0.3, -0.25) is 0 Å². The van der Waals surface area contributed by atoms with Crippen molar-refractivity contribution < 1.29 is 27.1 Å². The van der Waals surface area contributed by atoms with E-state index in [1.807, 2.05) is 0 Å². The van der Waals surface area contributed by atoms with E-state index in [9.17, 15) is 22.0 Å². The number of hydrogen-bond donors (Lipinski definition) is 1. The summed E-state index contributed by atoms with van der Waals surface area (Å²) in [6, 6.07) is 0. The third-order valence-corrected chi connectivity index (χ3v) is 2.10. The van der Waals surface area contributed by atoms with Crippen molar-refractivity contribution in [3.05, 3.63) is 0 Å². The first-order valence-corrected chi connectivity index (χ1v) is 3.38. The van der Waals surface area contributed by atoms with Gasteiger partial charge in [-0.25, -0.2) is 8.78 Å². The summed E-state index contributed by atoms with van der Waals surface area (Å²) in [7, 11) is 0. The zero-order chi connectivity index (χ0) is 9.62. The number of aliphatic hydroxyl groups is 1. The van der Waals surface area contributed by atoms with Crippen molar-refractivity contribution >= 4 is 0 Å². The van der Waals surface area contributed by atoms with Gasteiger partial charge in [0.2, 0.25) is 5.60 Å². The van der Waals surface area contributed by atoms with Gasteiger partial charge >= 0.3 is 6.18 Å². The summed E-state index contributed by atoms with van der Waals surface area (Å²) in [5.74, 6) is -4.04. The molecule has 0 heterocycles. The number of hydrogen-bond acceptors (Lipinski definition) is 1. The standard InChI is InChI=1S/C6H7F5O/c7-5(8)3-1-2-4(5,12)6(9,10)11/h12H,1-3H2. The molecule has 1 unspecified atom stereocenters. The van der Waals surface area contributed by atoms with Crippen molar-refractivity contribution in [1.29, 1.82) is 0 Å². The summed E-state index contributed by atoms with van der Waals surface area (Å²) in [5.41, 5.74) is -3.81. The molecule has 0 aromatic rings. The first-order valence-electron chi connectivity index (χ1n) is 3.38. The first-order chi connectivity index (χ1) is 5.21. The van der Waals surface area contributed by atoms with Crippen LogP contribution in [-0.4, -0.2) is 22.8 Å². The van der Waals surface area contributed by atoms with E-state index in [0.717, 1.165) is 0 Å². The van der Waals surface area contributed by atoms with Crippen molar-refractivity contribution in [2.75, 3.05) is 0 Å². The van der Waals surface area contributed by atoms with Crippen LogP contribution in [0.3, 0.4) is 0 Å². The second-order valence-electron chi connectivity index (χ2n) is 2.92. The molecule has 0 aromatic carbocycles. The molecule has 72 valence electrons. The minimum absolute atomic E-state index is 0.303. The Hall–Kier alpha value is -0.390. The highest BCUT2D eigenvalue weighted by Gasteiger charge is 2.70. The molecule has 0 saturated heterocycles. The average molecular weight is 190 g/mol. The molecule has 1 N–H and O–H groups in total. The molecule has 1 aliphatic rings. The van der Waals surface area contributed by atoms with E-state index < -0.39 is 30.5 Å². The Morgan fingerprint density at radius 1 is 1.08 bits per heavy atom. The predicted molar refractivity (Wildman–Crippen MR) is 29.8 cm³/mol. The monoisotopic (exact) mass is 190 g/mol. The van der Waals surface area contributed by atoms with Gasteiger partial charge < -0.3 is 5.11 Å². The van der Waals surface area contributed by atoms with Gasteiger partial charge in [0.05, 0.1) is 0 Å². The lowest BCUT2D eigenvalue weighted by Crippen LogP contribution is -2.55. The predicted octanol–water partition coefficient (Wildman–Crippen LogP) is 2.10. The van der Waals surface area contributed by atoms with Gasteiger partial charge in [0.15, 0.2) is 0 Å². The van der Waals surface area contributed by atoms with Gasteiger partial charge in [0, 0.05) is 6.42 Å². The molecule has 0 spiro atoms. The number of alkyl halides is 5. The molecule has 6 heteroatoms. The topological polar surface area (TPSA) is 20.2 Å². The highest BCUT2D eigenvalue weighted by Crippen LogP contribution is 2.51. The zero-order valence-electron chi connectivity index (χ0n) is 5.96. The maximum absolute atomic E-state index is 12.5. The van der Waals surface area contributed by atoms with Crippen LogP contribution in [0.2, 0.25) is 0 Å². The highest BCUT2D eigenvalue weighted by atomic mass is 19.4. The normalized spacial score (nSPS) is 35.5.